The maximum atomic E-state index is 12.4. The average molecular weight is 296 g/mol. The Balaban J connectivity index is 1.52. The lowest BCUT2D eigenvalue weighted by Gasteiger charge is -2.35. The summed E-state index contributed by atoms with van der Waals surface area (Å²) in [6.07, 6.45) is 6.79. The number of carbonyl (C=O) groups excluding carboxylic acids is 1. The van der Waals surface area contributed by atoms with Gasteiger partial charge in [0.2, 0.25) is 5.91 Å². The van der Waals surface area contributed by atoms with E-state index in [0.29, 0.717) is 12.6 Å². The van der Waals surface area contributed by atoms with E-state index in [1.807, 2.05) is 0 Å². The van der Waals surface area contributed by atoms with Crippen molar-refractivity contribution in [1.82, 2.24) is 10.2 Å². The number of nitrogens with zero attached hydrogens (tertiary/aromatic N) is 1. The molecule has 3 fully saturated rings. The van der Waals surface area contributed by atoms with Crippen molar-refractivity contribution in [3.8, 4) is 0 Å². The van der Waals surface area contributed by atoms with Gasteiger partial charge in [0.15, 0.2) is 0 Å². The van der Waals surface area contributed by atoms with Crippen LogP contribution in [0.15, 0.2) is 0 Å². The first kappa shape index (κ1) is 15.3. The molecule has 120 valence electrons. The van der Waals surface area contributed by atoms with Gasteiger partial charge in [0, 0.05) is 5.92 Å². The van der Waals surface area contributed by atoms with E-state index in [-0.39, 0.29) is 24.0 Å². The number of hydrogen-bond donors (Lipinski definition) is 2. The minimum atomic E-state index is -0.204. The molecule has 2 heterocycles. The number of likely N-dealkylation sites (tertiary alicyclic amines) is 1. The molecule has 2 saturated heterocycles. The molecule has 3 rings (SSSR count). The van der Waals surface area contributed by atoms with Gasteiger partial charge in [-0.25, -0.2) is 0 Å². The van der Waals surface area contributed by atoms with Crippen LogP contribution in [0.25, 0.3) is 0 Å². The van der Waals surface area contributed by atoms with E-state index < -0.39 is 0 Å². The highest BCUT2D eigenvalue weighted by molar-refractivity contribution is 5.79. The Morgan fingerprint density at radius 2 is 1.76 bits per heavy atom. The monoisotopic (exact) mass is 296 g/mol. The molecule has 5 heteroatoms. The molecule has 0 spiro atoms. The number of carbonyl (C=O) groups is 1. The van der Waals surface area contributed by atoms with Crippen molar-refractivity contribution in [2.75, 3.05) is 26.3 Å². The average Bonchev–Trinajstić information content (AvgIpc) is 2.97. The van der Waals surface area contributed by atoms with Gasteiger partial charge < -0.3 is 15.2 Å². The van der Waals surface area contributed by atoms with Gasteiger partial charge in [-0.2, -0.15) is 0 Å². The highest BCUT2D eigenvalue weighted by atomic mass is 16.5. The Kier molecular flexibility index (Phi) is 5.14. The first-order valence-corrected chi connectivity index (χ1v) is 8.54. The van der Waals surface area contributed by atoms with E-state index in [0.717, 1.165) is 45.4 Å². The van der Waals surface area contributed by atoms with E-state index >= 15 is 0 Å². The lowest BCUT2D eigenvalue weighted by molar-refractivity contribution is -0.127. The quantitative estimate of drug-likeness (QED) is 0.812. The van der Waals surface area contributed by atoms with Crippen LogP contribution >= 0.6 is 0 Å². The van der Waals surface area contributed by atoms with E-state index in [2.05, 4.69) is 10.2 Å². The molecule has 0 bridgehead atoms. The maximum Gasteiger partial charge on any atom is 0.223 e. The van der Waals surface area contributed by atoms with Gasteiger partial charge in [0.1, 0.15) is 0 Å². The number of amides is 1. The zero-order valence-electron chi connectivity index (χ0n) is 12.8. The van der Waals surface area contributed by atoms with Crippen LogP contribution in [0.5, 0.6) is 0 Å². The summed E-state index contributed by atoms with van der Waals surface area (Å²) >= 11 is 0. The van der Waals surface area contributed by atoms with Crippen molar-refractivity contribution in [3.63, 3.8) is 0 Å². The van der Waals surface area contributed by atoms with Crippen LogP contribution in [0.4, 0.5) is 0 Å². The van der Waals surface area contributed by atoms with E-state index in [4.69, 9.17) is 4.74 Å². The molecule has 21 heavy (non-hydrogen) atoms. The number of piperidine rings is 1. The molecule has 1 amide bonds. The molecule has 0 aromatic rings. The van der Waals surface area contributed by atoms with Crippen LogP contribution in [-0.4, -0.2) is 60.4 Å². The smallest absolute Gasteiger partial charge is 0.223 e. The Morgan fingerprint density at radius 3 is 2.48 bits per heavy atom. The van der Waals surface area contributed by atoms with Crippen LogP contribution in [0.1, 0.15) is 44.9 Å². The molecule has 2 aliphatic heterocycles. The fraction of sp³-hybridized carbons (Fsp3) is 0.938. The van der Waals surface area contributed by atoms with Crippen molar-refractivity contribution in [3.05, 3.63) is 0 Å². The normalized spacial score (nSPS) is 38.3. The summed E-state index contributed by atoms with van der Waals surface area (Å²) in [5, 5.41) is 12.8. The lowest BCUT2D eigenvalue weighted by atomic mass is 9.86. The van der Waals surface area contributed by atoms with Crippen molar-refractivity contribution < 1.29 is 14.6 Å². The standard InChI is InChI=1S/C16H28N2O3/c19-13-6-4-12(5-7-13)16(20)17-14-10-21-11-15(14)18-8-2-1-3-9-18/h12-15,19H,1-11H2,(H,17,20)/t12?,13?,14-,15-/m0/s1. The zero-order valence-corrected chi connectivity index (χ0v) is 12.8. The number of aliphatic hydroxyl groups excluding tert-OH is 1. The molecule has 2 atom stereocenters. The van der Waals surface area contributed by atoms with Gasteiger partial charge in [-0.15, -0.1) is 0 Å². The van der Waals surface area contributed by atoms with Crippen LogP contribution < -0.4 is 5.32 Å². The van der Waals surface area contributed by atoms with Gasteiger partial charge in [0.05, 0.1) is 31.4 Å². The van der Waals surface area contributed by atoms with Crippen molar-refractivity contribution in [1.29, 1.82) is 0 Å². The molecule has 3 aliphatic rings. The second kappa shape index (κ2) is 7.07. The SMILES string of the molecule is O=C(N[C@H]1COC[C@@H]1N1CCCCC1)C1CCC(O)CC1. The van der Waals surface area contributed by atoms with E-state index in [9.17, 15) is 9.90 Å². The van der Waals surface area contributed by atoms with Crippen LogP contribution in [0.3, 0.4) is 0 Å². The first-order chi connectivity index (χ1) is 10.2. The van der Waals surface area contributed by atoms with Crippen LogP contribution in [-0.2, 0) is 9.53 Å². The first-order valence-electron chi connectivity index (χ1n) is 8.54. The Morgan fingerprint density at radius 1 is 1.05 bits per heavy atom. The Bertz CT molecular complexity index is 349. The Labute approximate surface area is 127 Å². The second-order valence-electron chi connectivity index (χ2n) is 6.82. The topological polar surface area (TPSA) is 61.8 Å². The summed E-state index contributed by atoms with van der Waals surface area (Å²) < 4.78 is 5.63. The minimum absolute atomic E-state index is 0.0796. The van der Waals surface area contributed by atoms with Gasteiger partial charge in [-0.1, -0.05) is 6.42 Å². The lowest BCUT2D eigenvalue weighted by Crippen LogP contribution is -2.53. The molecular weight excluding hydrogens is 268 g/mol. The highest BCUT2D eigenvalue weighted by Gasteiger charge is 2.36. The summed E-state index contributed by atoms with van der Waals surface area (Å²) in [4.78, 5) is 14.9. The highest BCUT2D eigenvalue weighted by Crippen LogP contribution is 2.25. The molecule has 0 aromatic heterocycles. The fourth-order valence-corrected chi connectivity index (χ4v) is 3.93. The summed E-state index contributed by atoms with van der Waals surface area (Å²) in [6.45, 7) is 3.66. The van der Waals surface area contributed by atoms with E-state index in [1.165, 1.54) is 19.3 Å². The summed E-state index contributed by atoms with van der Waals surface area (Å²) in [5.74, 6) is 0.246. The summed E-state index contributed by atoms with van der Waals surface area (Å²) in [6, 6.07) is 0.492. The number of ether oxygens (including phenoxy) is 1. The molecule has 0 unspecified atom stereocenters. The number of hydrogen-bond acceptors (Lipinski definition) is 4. The van der Waals surface area contributed by atoms with Gasteiger partial charge in [0.25, 0.3) is 0 Å². The second-order valence-corrected chi connectivity index (χ2v) is 6.82. The van der Waals surface area contributed by atoms with Gasteiger partial charge in [-0.3, -0.25) is 9.69 Å². The maximum absolute atomic E-state index is 12.4. The largest absolute Gasteiger partial charge is 0.393 e. The number of rotatable bonds is 3. The van der Waals surface area contributed by atoms with Crippen molar-refractivity contribution in [2.45, 2.75) is 63.1 Å². The van der Waals surface area contributed by atoms with Gasteiger partial charge in [-0.05, 0) is 51.6 Å². The van der Waals surface area contributed by atoms with Gasteiger partial charge >= 0.3 is 0 Å². The number of nitrogens with one attached hydrogen (secondary N) is 1. The molecular formula is C16H28N2O3. The predicted octanol–water partition coefficient (Wildman–Crippen LogP) is 0.907. The molecule has 0 radical (unpaired) electrons. The zero-order chi connectivity index (χ0) is 14.7. The molecule has 0 aromatic carbocycles. The summed E-state index contributed by atoms with van der Waals surface area (Å²) in [5.41, 5.74) is 0. The van der Waals surface area contributed by atoms with Crippen LogP contribution in [0, 0.1) is 5.92 Å². The third-order valence-electron chi connectivity index (χ3n) is 5.31. The minimum Gasteiger partial charge on any atom is -0.393 e. The third-order valence-corrected chi connectivity index (χ3v) is 5.31. The molecule has 5 nitrogen and oxygen atoms in total. The van der Waals surface area contributed by atoms with Crippen LogP contribution in [0.2, 0.25) is 0 Å². The molecule has 1 saturated carbocycles. The van der Waals surface area contributed by atoms with Crippen molar-refractivity contribution >= 4 is 5.91 Å². The third kappa shape index (κ3) is 3.76. The summed E-state index contributed by atoms with van der Waals surface area (Å²) in [7, 11) is 0. The number of aliphatic hydroxyl groups is 1. The van der Waals surface area contributed by atoms with E-state index in [1.54, 1.807) is 0 Å². The molecule has 2 N–H and O–H groups in total. The predicted molar refractivity (Wildman–Crippen MR) is 79.9 cm³/mol. The molecule has 1 aliphatic carbocycles. The Hall–Kier alpha value is -0.650. The van der Waals surface area contributed by atoms with Crippen molar-refractivity contribution in [2.24, 2.45) is 5.92 Å². The fourth-order valence-electron chi connectivity index (χ4n) is 3.93.